The molecule has 90 valence electrons. The van der Waals surface area contributed by atoms with Crippen LogP contribution in [0.2, 0.25) is 13.1 Å². The van der Waals surface area contributed by atoms with E-state index in [1.807, 2.05) is 0 Å². The van der Waals surface area contributed by atoms with Gasteiger partial charge in [-0.05, 0) is 41.5 Å². The SMILES string of the molecule is C[SiH](C)C=CCN(C(C)(C)C)C(C)(C)C. The monoisotopic (exact) mass is 227 g/mol. The van der Waals surface area contributed by atoms with Crippen molar-refractivity contribution in [1.82, 2.24) is 4.90 Å². The van der Waals surface area contributed by atoms with E-state index >= 15 is 0 Å². The molecule has 0 aliphatic heterocycles. The molecule has 0 fully saturated rings. The Balaban J connectivity index is 4.56. The molecule has 0 amide bonds. The van der Waals surface area contributed by atoms with Crippen LogP contribution in [0.15, 0.2) is 11.8 Å². The average molecular weight is 227 g/mol. The van der Waals surface area contributed by atoms with E-state index in [-0.39, 0.29) is 11.1 Å². The summed E-state index contributed by atoms with van der Waals surface area (Å²) in [5, 5.41) is 0. The van der Waals surface area contributed by atoms with Crippen LogP contribution in [0.1, 0.15) is 41.5 Å². The number of rotatable bonds is 3. The topological polar surface area (TPSA) is 3.24 Å². The predicted molar refractivity (Wildman–Crippen MR) is 74.2 cm³/mol. The lowest BCUT2D eigenvalue weighted by Crippen LogP contribution is -2.52. The third-order valence-electron chi connectivity index (χ3n) is 2.43. The van der Waals surface area contributed by atoms with Crippen molar-refractivity contribution in [2.45, 2.75) is 65.7 Å². The van der Waals surface area contributed by atoms with Gasteiger partial charge in [0.2, 0.25) is 0 Å². The molecule has 0 aromatic heterocycles. The molecule has 0 aliphatic rings. The van der Waals surface area contributed by atoms with E-state index in [4.69, 9.17) is 0 Å². The van der Waals surface area contributed by atoms with Gasteiger partial charge in [0.25, 0.3) is 0 Å². The van der Waals surface area contributed by atoms with Crippen LogP contribution in [0.25, 0.3) is 0 Å². The Morgan fingerprint density at radius 2 is 1.33 bits per heavy atom. The van der Waals surface area contributed by atoms with Crippen molar-refractivity contribution in [1.29, 1.82) is 0 Å². The molecule has 0 aliphatic carbocycles. The first-order chi connectivity index (χ1) is 6.55. The fourth-order valence-corrected chi connectivity index (χ4v) is 2.66. The first kappa shape index (κ1) is 14.9. The lowest BCUT2D eigenvalue weighted by molar-refractivity contribution is 0.0520. The van der Waals surface area contributed by atoms with Crippen LogP contribution in [-0.4, -0.2) is 31.3 Å². The standard InChI is InChI=1S/C13H29NSi/c1-12(2,3)14(13(4,5)6)10-9-11-15(7)8/h9,11,15H,10H2,1-8H3. The normalized spacial score (nSPS) is 14.5. The summed E-state index contributed by atoms with van der Waals surface area (Å²) >= 11 is 0. The maximum atomic E-state index is 2.55. The second-order valence-corrected chi connectivity index (χ2v) is 9.50. The Morgan fingerprint density at radius 3 is 1.60 bits per heavy atom. The fourth-order valence-electron chi connectivity index (χ4n) is 1.99. The van der Waals surface area contributed by atoms with Crippen molar-refractivity contribution in [3.8, 4) is 0 Å². The summed E-state index contributed by atoms with van der Waals surface area (Å²) in [6.07, 6.45) is 2.35. The van der Waals surface area contributed by atoms with Gasteiger partial charge in [0.05, 0.1) is 8.80 Å². The van der Waals surface area contributed by atoms with E-state index in [9.17, 15) is 0 Å². The Labute approximate surface area is 98.2 Å². The molecule has 0 saturated heterocycles. The van der Waals surface area contributed by atoms with Crippen molar-refractivity contribution in [3.63, 3.8) is 0 Å². The Kier molecular flexibility index (Phi) is 5.28. The van der Waals surface area contributed by atoms with Crippen molar-refractivity contribution >= 4 is 8.80 Å². The van der Waals surface area contributed by atoms with Crippen LogP contribution in [0.4, 0.5) is 0 Å². The second kappa shape index (κ2) is 5.31. The van der Waals surface area contributed by atoms with Gasteiger partial charge in [-0.3, -0.25) is 4.90 Å². The van der Waals surface area contributed by atoms with Gasteiger partial charge in [-0.1, -0.05) is 19.2 Å². The maximum absolute atomic E-state index is 2.55. The lowest BCUT2D eigenvalue weighted by atomic mass is 9.96. The van der Waals surface area contributed by atoms with Crippen LogP contribution >= 0.6 is 0 Å². The molecule has 0 aromatic rings. The van der Waals surface area contributed by atoms with E-state index in [1.54, 1.807) is 0 Å². The van der Waals surface area contributed by atoms with E-state index in [1.165, 1.54) is 0 Å². The third kappa shape index (κ3) is 6.16. The maximum Gasteiger partial charge on any atom is 0.0550 e. The lowest BCUT2D eigenvalue weighted by Gasteiger charge is -2.45. The quantitative estimate of drug-likeness (QED) is 0.667. The Bertz CT molecular complexity index is 192. The molecule has 0 rings (SSSR count). The molecule has 0 unspecified atom stereocenters. The Morgan fingerprint density at radius 1 is 0.933 bits per heavy atom. The smallest absolute Gasteiger partial charge is 0.0550 e. The van der Waals surface area contributed by atoms with Crippen molar-refractivity contribution in [2.24, 2.45) is 0 Å². The molecular formula is C13H29NSi. The minimum absolute atomic E-state index is 0.237. The van der Waals surface area contributed by atoms with Crippen LogP contribution in [0.3, 0.4) is 0 Å². The molecule has 0 heterocycles. The van der Waals surface area contributed by atoms with E-state index in [2.05, 4.69) is 71.3 Å². The summed E-state index contributed by atoms with van der Waals surface area (Å²) in [4.78, 5) is 2.55. The summed E-state index contributed by atoms with van der Waals surface area (Å²) in [6, 6.07) is 0. The van der Waals surface area contributed by atoms with Crippen LogP contribution in [0.5, 0.6) is 0 Å². The highest BCUT2D eigenvalue weighted by molar-refractivity contribution is 6.61. The van der Waals surface area contributed by atoms with Crippen LogP contribution in [0, 0.1) is 0 Å². The first-order valence-electron chi connectivity index (χ1n) is 5.99. The third-order valence-corrected chi connectivity index (χ3v) is 3.47. The minimum atomic E-state index is -0.545. The van der Waals surface area contributed by atoms with Gasteiger partial charge >= 0.3 is 0 Å². The van der Waals surface area contributed by atoms with E-state index < -0.39 is 8.80 Å². The van der Waals surface area contributed by atoms with Gasteiger partial charge < -0.3 is 0 Å². The molecule has 0 bridgehead atoms. The summed E-state index contributed by atoms with van der Waals surface area (Å²) in [5.74, 6) is 0. The summed E-state index contributed by atoms with van der Waals surface area (Å²) in [5.41, 5.74) is 2.90. The molecule has 0 radical (unpaired) electrons. The molecule has 0 spiro atoms. The van der Waals surface area contributed by atoms with Crippen molar-refractivity contribution in [2.75, 3.05) is 6.54 Å². The summed E-state index contributed by atoms with van der Waals surface area (Å²) in [7, 11) is -0.545. The zero-order chi connectivity index (χ0) is 12.3. The van der Waals surface area contributed by atoms with E-state index in [0.29, 0.717) is 0 Å². The highest BCUT2D eigenvalue weighted by Crippen LogP contribution is 2.24. The van der Waals surface area contributed by atoms with Crippen molar-refractivity contribution in [3.05, 3.63) is 11.8 Å². The summed E-state index contributed by atoms with van der Waals surface area (Å²) in [6.45, 7) is 19.5. The molecule has 15 heavy (non-hydrogen) atoms. The largest absolute Gasteiger partial charge is 0.290 e. The van der Waals surface area contributed by atoms with Gasteiger partial charge in [-0.2, -0.15) is 0 Å². The van der Waals surface area contributed by atoms with Crippen LogP contribution in [-0.2, 0) is 0 Å². The van der Waals surface area contributed by atoms with Gasteiger partial charge in [-0.25, -0.2) is 0 Å². The minimum Gasteiger partial charge on any atom is -0.290 e. The summed E-state index contributed by atoms with van der Waals surface area (Å²) < 4.78 is 0. The van der Waals surface area contributed by atoms with E-state index in [0.717, 1.165) is 6.54 Å². The molecule has 0 saturated carbocycles. The fraction of sp³-hybridized carbons (Fsp3) is 0.846. The number of hydrogen-bond donors (Lipinski definition) is 0. The molecule has 0 aromatic carbocycles. The van der Waals surface area contributed by atoms with Gasteiger partial charge in [0.15, 0.2) is 0 Å². The predicted octanol–water partition coefficient (Wildman–Crippen LogP) is 3.47. The molecule has 0 N–H and O–H groups in total. The number of nitrogens with zero attached hydrogens (tertiary/aromatic N) is 1. The Hall–Kier alpha value is -0.0831. The average Bonchev–Trinajstić information content (AvgIpc) is 1.92. The zero-order valence-electron chi connectivity index (χ0n) is 11.9. The number of hydrogen-bond acceptors (Lipinski definition) is 1. The zero-order valence-corrected chi connectivity index (χ0v) is 13.0. The second-order valence-electron chi connectivity index (χ2n) is 6.62. The molecular weight excluding hydrogens is 198 g/mol. The molecule has 1 nitrogen and oxygen atoms in total. The van der Waals surface area contributed by atoms with Gasteiger partial charge in [-0.15, -0.1) is 5.70 Å². The van der Waals surface area contributed by atoms with Gasteiger partial charge in [0.1, 0.15) is 0 Å². The highest BCUT2D eigenvalue weighted by atomic mass is 28.3. The first-order valence-corrected chi connectivity index (χ1v) is 8.97. The molecule has 0 atom stereocenters. The van der Waals surface area contributed by atoms with Crippen molar-refractivity contribution < 1.29 is 0 Å². The van der Waals surface area contributed by atoms with Gasteiger partial charge in [0, 0.05) is 17.6 Å². The highest BCUT2D eigenvalue weighted by Gasteiger charge is 2.29. The van der Waals surface area contributed by atoms with Crippen LogP contribution < -0.4 is 0 Å². The molecule has 2 heteroatoms.